The monoisotopic (exact) mass is 284 g/mol. The Morgan fingerprint density at radius 1 is 1.25 bits per heavy atom. The van der Waals surface area contributed by atoms with E-state index in [4.69, 9.17) is 5.11 Å². The highest BCUT2D eigenvalue weighted by atomic mass is 16.4. The predicted octanol–water partition coefficient (Wildman–Crippen LogP) is 2.76. The van der Waals surface area contributed by atoms with Gasteiger partial charge in [-0.25, -0.2) is 4.79 Å². The number of carbonyl (C=O) groups is 2. The van der Waals surface area contributed by atoms with Crippen LogP contribution in [-0.4, -0.2) is 29.7 Å². The van der Waals surface area contributed by atoms with Crippen LogP contribution in [0.25, 0.3) is 0 Å². The van der Waals surface area contributed by atoms with Crippen molar-refractivity contribution in [3.63, 3.8) is 0 Å². The molecule has 0 aliphatic heterocycles. The summed E-state index contributed by atoms with van der Waals surface area (Å²) < 4.78 is 0. The number of hydrogen-bond donors (Lipinski definition) is 3. The van der Waals surface area contributed by atoms with Gasteiger partial charge in [0.2, 0.25) is 0 Å². The van der Waals surface area contributed by atoms with E-state index in [1.165, 1.54) is 12.8 Å². The van der Waals surface area contributed by atoms with Crippen LogP contribution in [0.1, 0.15) is 59.3 Å². The Morgan fingerprint density at radius 3 is 2.40 bits per heavy atom. The number of carboxylic acid groups (broad SMARTS) is 1. The van der Waals surface area contributed by atoms with Gasteiger partial charge in [-0.1, -0.05) is 20.3 Å². The summed E-state index contributed by atoms with van der Waals surface area (Å²) in [6.45, 7) is 6.60. The van der Waals surface area contributed by atoms with Crippen molar-refractivity contribution in [3.8, 4) is 0 Å². The van der Waals surface area contributed by atoms with Gasteiger partial charge in [-0.3, -0.25) is 4.79 Å². The standard InChI is InChI=1S/C15H28N2O3/c1-4-15(8-9-15)10-16-14(20)17-12(3)7-5-6-11(2)13(18)19/h11-12H,4-10H2,1-3H3,(H,18,19)(H2,16,17,20). The first kappa shape index (κ1) is 16.8. The van der Waals surface area contributed by atoms with E-state index in [2.05, 4.69) is 17.6 Å². The summed E-state index contributed by atoms with van der Waals surface area (Å²) in [6.07, 6.45) is 5.83. The smallest absolute Gasteiger partial charge is 0.315 e. The zero-order valence-electron chi connectivity index (χ0n) is 12.9. The van der Waals surface area contributed by atoms with Crippen LogP contribution in [0, 0.1) is 11.3 Å². The molecule has 1 saturated carbocycles. The highest BCUT2D eigenvalue weighted by Crippen LogP contribution is 2.47. The lowest BCUT2D eigenvalue weighted by molar-refractivity contribution is -0.141. The summed E-state index contributed by atoms with van der Waals surface area (Å²) in [4.78, 5) is 22.4. The molecule has 0 spiro atoms. The second kappa shape index (κ2) is 7.50. The summed E-state index contributed by atoms with van der Waals surface area (Å²) in [6, 6.07) is -0.0312. The van der Waals surface area contributed by atoms with E-state index >= 15 is 0 Å². The maximum atomic E-state index is 11.7. The number of carbonyl (C=O) groups excluding carboxylic acids is 1. The van der Waals surface area contributed by atoms with Gasteiger partial charge in [0.15, 0.2) is 0 Å². The third-order valence-electron chi connectivity index (χ3n) is 4.40. The molecule has 0 aromatic heterocycles. The largest absolute Gasteiger partial charge is 0.481 e. The van der Waals surface area contributed by atoms with Crippen molar-refractivity contribution in [2.24, 2.45) is 11.3 Å². The molecular formula is C15H28N2O3. The minimum Gasteiger partial charge on any atom is -0.481 e. The van der Waals surface area contributed by atoms with Crippen LogP contribution in [0.15, 0.2) is 0 Å². The van der Waals surface area contributed by atoms with Crippen LogP contribution in [0.2, 0.25) is 0 Å². The zero-order valence-corrected chi connectivity index (χ0v) is 12.9. The van der Waals surface area contributed by atoms with E-state index in [0.717, 1.165) is 25.8 Å². The number of hydrogen-bond acceptors (Lipinski definition) is 2. The molecular weight excluding hydrogens is 256 g/mol. The van der Waals surface area contributed by atoms with Crippen molar-refractivity contribution >= 4 is 12.0 Å². The minimum absolute atomic E-state index is 0.0766. The van der Waals surface area contributed by atoms with Gasteiger partial charge in [0.1, 0.15) is 0 Å². The number of carboxylic acids is 1. The zero-order chi connectivity index (χ0) is 15.2. The van der Waals surface area contributed by atoms with Crippen LogP contribution in [0.4, 0.5) is 4.79 Å². The first-order chi connectivity index (χ1) is 9.38. The average Bonchev–Trinajstić information content (AvgIpc) is 3.16. The fraction of sp³-hybridized carbons (Fsp3) is 0.867. The van der Waals surface area contributed by atoms with Crippen molar-refractivity contribution in [2.45, 2.75) is 65.3 Å². The molecule has 2 atom stereocenters. The summed E-state index contributed by atoms with van der Waals surface area (Å²) in [7, 11) is 0. The normalized spacial score (nSPS) is 18.9. The Morgan fingerprint density at radius 2 is 1.90 bits per heavy atom. The van der Waals surface area contributed by atoms with E-state index < -0.39 is 5.97 Å². The lowest BCUT2D eigenvalue weighted by Crippen LogP contribution is -2.42. The second-order valence-electron chi connectivity index (χ2n) is 6.25. The minimum atomic E-state index is -0.752. The molecule has 0 aromatic carbocycles. The van der Waals surface area contributed by atoms with Crippen molar-refractivity contribution in [1.82, 2.24) is 10.6 Å². The van der Waals surface area contributed by atoms with Crippen LogP contribution >= 0.6 is 0 Å². The topological polar surface area (TPSA) is 78.4 Å². The van der Waals surface area contributed by atoms with Gasteiger partial charge in [-0.15, -0.1) is 0 Å². The van der Waals surface area contributed by atoms with Gasteiger partial charge < -0.3 is 15.7 Å². The molecule has 0 radical (unpaired) electrons. The van der Waals surface area contributed by atoms with Gasteiger partial charge in [0.05, 0.1) is 5.92 Å². The first-order valence-corrected chi connectivity index (χ1v) is 7.66. The molecule has 1 fully saturated rings. The fourth-order valence-corrected chi connectivity index (χ4v) is 2.30. The van der Waals surface area contributed by atoms with E-state index in [-0.39, 0.29) is 18.0 Å². The summed E-state index contributed by atoms with van der Waals surface area (Å²) in [5.74, 6) is -1.06. The van der Waals surface area contributed by atoms with E-state index in [1.807, 2.05) is 6.92 Å². The van der Waals surface area contributed by atoms with E-state index in [1.54, 1.807) is 6.92 Å². The maximum Gasteiger partial charge on any atom is 0.315 e. The van der Waals surface area contributed by atoms with Crippen LogP contribution in [0.5, 0.6) is 0 Å². The molecule has 20 heavy (non-hydrogen) atoms. The average molecular weight is 284 g/mol. The molecule has 0 aromatic rings. The molecule has 1 rings (SSSR count). The van der Waals surface area contributed by atoms with Gasteiger partial charge in [0, 0.05) is 12.6 Å². The molecule has 0 saturated heterocycles. The Kier molecular flexibility index (Phi) is 6.30. The molecule has 0 bridgehead atoms. The van der Waals surface area contributed by atoms with Crippen molar-refractivity contribution < 1.29 is 14.7 Å². The molecule has 1 aliphatic carbocycles. The first-order valence-electron chi connectivity index (χ1n) is 7.66. The Balaban J connectivity index is 2.10. The lowest BCUT2D eigenvalue weighted by atomic mass is 10.0. The molecule has 3 N–H and O–H groups in total. The third-order valence-corrected chi connectivity index (χ3v) is 4.40. The molecule has 5 heteroatoms. The number of urea groups is 1. The summed E-state index contributed by atoms with van der Waals surface area (Å²) in [5.41, 5.74) is 0.359. The third kappa shape index (κ3) is 5.80. The number of aliphatic carboxylic acids is 1. The molecule has 116 valence electrons. The number of rotatable bonds is 9. The number of nitrogens with one attached hydrogen (secondary N) is 2. The Bertz CT molecular complexity index is 340. The molecule has 5 nitrogen and oxygen atoms in total. The quantitative estimate of drug-likeness (QED) is 0.609. The predicted molar refractivity (Wildman–Crippen MR) is 78.6 cm³/mol. The highest BCUT2D eigenvalue weighted by molar-refractivity contribution is 5.74. The van der Waals surface area contributed by atoms with Crippen LogP contribution < -0.4 is 10.6 Å². The van der Waals surface area contributed by atoms with Gasteiger partial charge in [-0.2, -0.15) is 0 Å². The van der Waals surface area contributed by atoms with Crippen molar-refractivity contribution in [1.29, 1.82) is 0 Å². The fourth-order valence-electron chi connectivity index (χ4n) is 2.30. The molecule has 2 amide bonds. The molecule has 0 heterocycles. The van der Waals surface area contributed by atoms with E-state index in [0.29, 0.717) is 11.8 Å². The van der Waals surface area contributed by atoms with Gasteiger partial charge >= 0.3 is 12.0 Å². The SMILES string of the molecule is CCC1(CNC(=O)NC(C)CCCC(C)C(=O)O)CC1. The van der Waals surface area contributed by atoms with Crippen LogP contribution in [0.3, 0.4) is 0 Å². The maximum absolute atomic E-state index is 11.7. The molecule has 1 aliphatic rings. The number of amides is 2. The molecule has 2 unspecified atom stereocenters. The summed E-state index contributed by atoms with van der Waals surface area (Å²) in [5, 5.41) is 14.6. The Labute approximate surface area is 121 Å². The van der Waals surface area contributed by atoms with Gasteiger partial charge in [0.25, 0.3) is 0 Å². The van der Waals surface area contributed by atoms with E-state index in [9.17, 15) is 9.59 Å². The Hall–Kier alpha value is -1.26. The highest BCUT2D eigenvalue weighted by Gasteiger charge is 2.40. The second-order valence-corrected chi connectivity index (χ2v) is 6.25. The van der Waals surface area contributed by atoms with Crippen molar-refractivity contribution in [3.05, 3.63) is 0 Å². The summed E-state index contributed by atoms with van der Waals surface area (Å²) >= 11 is 0. The van der Waals surface area contributed by atoms with Crippen LogP contribution in [-0.2, 0) is 4.79 Å². The van der Waals surface area contributed by atoms with Gasteiger partial charge in [-0.05, 0) is 44.4 Å². The lowest BCUT2D eigenvalue weighted by Gasteiger charge is -2.17. The van der Waals surface area contributed by atoms with Crippen molar-refractivity contribution in [2.75, 3.05) is 6.54 Å².